The standard InChI is InChI=1S/C26H36N2O3/c1-5-28-16-23(27)13-14-24(21-12-11-19(2)22(15-21)17-29)26(3,4)25(30)31-18-20-9-7-6-8-10-20/h6-12,15-16,24,28-29H,5,13-14,17-18,27H2,1-4H3/b23-16-. The molecule has 0 aromatic heterocycles. The number of hydrogen-bond donors (Lipinski definition) is 3. The fraction of sp³-hybridized carbons (Fsp3) is 0.423. The molecule has 0 bridgehead atoms. The Hall–Kier alpha value is -2.79. The molecule has 168 valence electrons. The third kappa shape index (κ3) is 6.86. The average Bonchev–Trinajstić information content (AvgIpc) is 2.77. The number of aliphatic hydroxyl groups is 1. The number of aliphatic hydroxyl groups excluding tert-OH is 1. The summed E-state index contributed by atoms with van der Waals surface area (Å²) in [6, 6.07) is 15.7. The number of nitrogens with two attached hydrogens (primary N) is 1. The summed E-state index contributed by atoms with van der Waals surface area (Å²) in [5, 5.41) is 12.9. The van der Waals surface area contributed by atoms with Gasteiger partial charge in [-0.1, -0.05) is 48.5 Å². The first-order valence-corrected chi connectivity index (χ1v) is 10.9. The number of rotatable bonds is 11. The minimum absolute atomic E-state index is 0.0340. The van der Waals surface area contributed by atoms with Gasteiger partial charge in [-0.15, -0.1) is 0 Å². The van der Waals surface area contributed by atoms with Gasteiger partial charge < -0.3 is 20.9 Å². The normalized spacial score (nSPS) is 13.0. The molecule has 0 aliphatic heterocycles. The third-order valence-corrected chi connectivity index (χ3v) is 5.77. The molecule has 31 heavy (non-hydrogen) atoms. The van der Waals surface area contributed by atoms with E-state index in [1.54, 1.807) is 0 Å². The van der Waals surface area contributed by atoms with Gasteiger partial charge in [0.25, 0.3) is 0 Å². The molecule has 2 aromatic rings. The topological polar surface area (TPSA) is 84.6 Å². The van der Waals surface area contributed by atoms with Gasteiger partial charge in [0.2, 0.25) is 0 Å². The molecule has 1 atom stereocenters. The summed E-state index contributed by atoms with van der Waals surface area (Å²) in [5.74, 6) is -0.364. The van der Waals surface area contributed by atoms with E-state index < -0.39 is 5.41 Å². The first kappa shape index (κ1) is 24.5. The Morgan fingerprint density at radius 3 is 2.58 bits per heavy atom. The highest BCUT2D eigenvalue weighted by atomic mass is 16.5. The molecule has 0 saturated carbocycles. The Bertz CT molecular complexity index is 875. The molecule has 0 spiro atoms. The van der Waals surface area contributed by atoms with Gasteiger partial charge in [-0.05, 0) is 68.7 Å². The van der Waals surface area contributed by atoms with E-state index in [-0.39, 0.29) is 25.1 Å². The van der Waals surface area contributed by atoms with E-state index in [2.05, 4.69) is 5.32 Å². The smallest absolute Gasteiger partial charge is 0.312 e. The maximum absolute atomic E-state index is 13.2. The van der Waals surface area contributed by atoms with Crippen LogP contribution in [0.25, 0.3) is 0 Å². The number of nitrogens with one attached hydrogen (secondary N) is 1. The number of aryl methyl sites for hydroxylation is 1. The van der Waals surface area contributed by atoms with Gasteiger partial charge in [0, 0.05) is 18.4 Å². The zero-order chi connectivity index (χ0) is 22.9. The first-order chi connectivity index (χ1) is 14.8. The molecule has 5 nitrogen and oxygen atoms in total. The van der Waals surface area contributed by atoms with Gasteiger partial charge in [-0.3, -0.25) is 4.79 Å². The summed E-state index contributed by atoms with van der Waals surface area (Å²) in [5.41, 5.74) is 10.0. The molecule has 5 heteroatoms. The summed E-state index contributed by atoms with van der Waals surface area (Å²) in [6.07, 6.45) is 3.16. The Morgan fingerprint density at radius 1 is 1.23 bits per heavy atom. The summed E-state index contributed by atoms with van der Waals surface area (Å²) in [4.78, 5) is 13.2. The molecular formula is C26H36N2O3. The Labute approximate surface area is 186 Å². The van der Waals surface area contributed by atoms with Gasteiger partial charge >= 0.3 is 5.97 Å². The molecule has 1 unspecified atom stereocenters. The van der Waals surface area contributed by atoms with Crippen LogP contribution < -0.4 is 11.1 Å². The van der Waals surface area contributed by atoms with Crippen LogP contribution in [0.4, 0.5) is 0 Å². The predicted molar refractivity (Wildman–Crippen MR) is 125 cm³/mol. The fourth-order valence-corrected chi connectivity index (χ4v) is 3.69. The van der Waals surface area contributed by atoms with Crippen LogP contribution in [0.5, 0.6) is 0 Å². The molecule has 0 aliphatic carbocycles. The van der Waals surface area contributed by atoms with Gasteiger partial charge in [-0.25, -0.2) is 0 Å². The van der Waals surface area contributed by atoms with Crippen LogP contribution in [0, 0.1) is 12.3 Å². The van der Waals surface area contributed by atoms with Crippen molar-refractivity contribution in [1.29, 1.82) is 0 Å². The van der Waals surface area contributed by atoms with E-state index in [1.165, 1.54) is 0 Å². The molecule has 0 radical (unpaired) electrons. The predicted octanol–water partition coefficient (Wildman–Crippen LogP) is 4.53. The van der Waals surface area contributed by atoms with Crippen molar-refractivity contribution in [1.82, 2.24) is 5.32 Å². The molecule has 4 N–H and O–H groups in total. The summed E-state index contributed by atoms with van der Waals surface area (Å²) in [6.45, 7) is 8.85. The molecular weight excluding hydrogens is 388 g/mol. The summed E-state index contributed by atoms with van der Waals surface area (Å²) < 4.78 is 5.70. The molecule has 0 fully saturated rings. The largest absolute Gasteiger partial charge is 0.460 e. The zero-order valence-electron chi connectivity index (χ0n) is 19.2. The molecule has 2 rings (SSSR count). The summed E-state index contributed by atoms with van der Waals surface area (Å²) >= 11 is 0. The Balaban J connectivity index is 2.27. The van der Waals surface area contributed by atoms with Crippen molar-refractivity contribution in [3.05, 3.63) is 82.7 Å². The van der Waals surface area contributed by atoms with Gasteiger partial charge in [0.15, 0.2) is 0 Å². The Morgan fingerprint density at radius 2 is 1.94 bits per heavy atom. The minimum Gasteiger partial charge on any atom is -0.460 e. The molecule has 0 heterocycles. The van der Waals surface area contributed by atoms with Crippen LogP contribution >= 0.6 is 0 Å². The van der Waals surface area contributed by atoms with Crippen LogP contribution in [-0.4, -0.2) is 17.6 Å². The maximum atomic E-state index is 13.2. The first-order valence-electron chi connectivity index (χ1n) is 10.9. The number of benzene rings is 2. The summed E-state index contributed by atoms with van der Waals surface area (Å²) in [7, 11) is 0. The number of allylic oxidation sites excluding steroid dienone is 1. The van der Waals surface area contributed by atoms with E-state index in [4.69, 9.17) is 10.5 Å². The van der Waals surface area contributed by atoms with E-state index >= 15 is 0 Å². The van der Waals surface area contributed by atoms with E-state index in [0.29, 0.717) is 12.8 Å². The van der Waals surface area contributed by atoms with Gasteiger partial charge in [0.05, 0.1) is 12.0 Å². The van der Waals surface area contributed by atoms with Crippen molar-refractivity contribution in [2.75, 3.05) is 6.54 Å². The van der Waals surface area contributed by atoms with E-state index in [9.17, 15) is 9.90 Å². The van der Waals surface area contributed by atoms with Gasteiger partial charge in [0.1, 0.15) is 6.61 Å². The molecule has 0 amide bonds. The second-order valence-electron chi connectivity index (χ2n) is 8.50. The van der Waals surface area contributed by atoms with Crippen LogP contribution in [0.1, 0.15) is 61.8 Å². The van der Waals surface area contributed by atoms with Gasteiger partial charge in [-0.2, -0.15) is 0 Å². The lowest BCUT2D eigenvalue weighted by Gasteiger charge is -2.33. The highest BCUT2D eigenvalue weighted by molar-refractivity contribution is 5.77. The minimum atomic E-state index is -0.769. The fourth-order valence-electron chi connectivity index (χ4n) is 3.69. The Kier molecular flexibility index (Phi) is 9.13. The van der Waals surface area contributed by atoms with Crippen molar-refractivity contribution < 1.29 is 14.6 Å². The van der Waals surface area contributed by atoms with Crippen LogP contribution in [-0.2, 0) is 22.7 Å². The van der Waals surface area contributed by atoms with Crippen molar-refractivity contribution in [2.24, 2.45) is 11.1 Å². The number of ether oxygens (including phenoxy) is 1. The lowest BCUT2D eigenvalue weighted by molar-refractivity contribution is -0.156. The average molecular weight is 425 g/mol. The molecule has 0 saturated heterocycles. The zero-order valence-corrected chi connectivity index (χ0v) is 19.2. The molecule has 0 aliphatic rings. The lowest BCUT2D eigenvalue weighted by atomic mass is 9.72. The number of esters is 1. The van der Waals surface area contributed by atoms with E-state index in [1.807, 2.05) is 82.4 Å². The van der Waals surface area contributed by atoms with Crippen molar-refractivity contribution in [2.45, 2.75) is 59.7 Å². The highest BCUT2D eigenvalue weighted by Gasteiger charge is 2.39. The number of hydrogen-bond acceptors (Lipinski definition) is 5. The maximum Gasteiger partial charge on any atom is 0.312 e. The van der Waals surface area contributed by atoms with E-state index in [0.717, 1.165) is 34.5 Å². The van der Waals surface area contributed by atoms with Crippen LogP contribution in [0.15, 0.2) is 60.4 Å². The number of carbonyl (C=O) groups excluding carboxylic acids is 1. The van der Waals surface area contributed by atoms with Crippen molar-refractivity contribution in [3.63, 3.8) is 0 Å². The van der Waals surface area contributed by atoms with Crippen molar-refractivity contribution >= 4 is 5.97 Å². The lowest BCUT2D eigenvalue weighted by Crippen LogP contribution is -2.33. The van der Waals surface area contributed by atoms with Crippen LogP contribution in [0.3, 0.4) is 0 Å². The molecule has 2 aromatic carbocycles. The highest BCUT2D eigenvalue weighted by Crippen LogP contribution is 2.41. The number of carbonyl (C=O) groups is 1. The monoisotopic (exact) mass is 424 g/mol. The quantitative estimate of drug-likeness (QED) is 0.462. The second-order valence-corrected chi connectivity index (χ2v) is 8.50. The third-order valence-electron chi connectivity index (χ3n) is 5.77. The SMILES string of the molecule is CCN/C=C(\N)CCC(c1ccc(C)c(CO)c1)C(C)(C)C(=O)OCc1ccccc1. The van der Waals surface area contributed by atoms with Crippen molar-refractivity contribution in [3.8, 4) is 0 Å². The van der Waals surface area contributed by atoms with Crippen LogP contribution in [0.2, 0.25) is 0 Å². The second kappa shape index (κ2) is 11.6.